The van der Waals surface area contributed by atoms with Gasteiger partial charge in [0.1, 0.15) is 16.8 Å². The van der Waals surface area contributed by atoms with Crippen molar-refractivity contribution < 1.29 is 9.52 Å². The first-order valence-corrected chi connectivity index (χ1v) is 15.0. The summed E-state index contributed by atoms with van der Waals surface area (Å²) in [6.07, 6.45) is 0. The number of fused-ring (bicyclic) bond motifs is 8. The maximum Gasteiger partial charge on any atom is 0.142 e. The molecule has 0 saturated heterocycles. The number of rotatable bonds is 2. The average molecular weight is 658 g/mol. The zero-order valence-corrected chi connectivity index (χ0v) is 24.9. The van der Waals surface area contributed by atoms with Gasteiger partial charge in [-0.1, -0.05) is 123 Å². The summed E-state index contributed by atoms with van der Waals surface area (Å²) < 4.78 is 8.07. The Bertz CT molecular complexity index is 2080. The zero-order valence-electron chi connectivity index (χ0n) is 21.7. The first-order valence-electron chi connectivity index (χ1n) is 13.5. The normalized spacial score (nSPS) is 13.4. The van der Waals surface area contributed by atoms with Crippen LogP contribution in [0.5, 0.6) is 0 Å². The molecular weight excluding hydrogens is 636 g/mol. The fourth-order valence-corrected chi connectivity index (χ4v) is 7.24. The van der Waals surface area contributed by atoms with Gasteiger partial charge in [0.25, 0.3) is 0 Å². The Labute approximate surface area is 254 Å². The highest BCUT2D eigenvalue weighted by Crippen LogP contribution is 2.53. The number of hydrogen-bond acceptors (Lipinski definition) is 2. The van der Waals surface area contributed by atoms with Gasteiger partial charge in [-0.05, 0) is 69.8 Å². The summed E-state index contributed by atoms with van der Waals surface area (Å²) in [6, 6.07) is 43.4. The zero-order chi connectivity index (χ0) is 27.7. The highest BCUT2D eigenvalue weighted by molar-refractivity contribution is 9.10. The van der Waals surface area contributed by atoms with E-state index in [-0.39, 0.29) is 0 Å². The number of aliphatic hydroxyl groups is 1. The lowest BCUT2D eigenvalue weighted by Crippen LogP contribution is -2.30. The van der Waals surface area contributed by atoms with E-state index in [1.165, 1.54) is 0 Å². The van der Waals surface area contributed by atoms with Crippen molar-refractivity contribution in [1.82, 2.24) is 0 Å². The van der Waals surface area contributed by atoms with Crippen molar-refractivity contribution in [3.8, 4) is 33.4 Å². The van der Waals surface area contributed by atoms with E-state index in [4.69, 9.17) is 4.42 Å². The first-order chi connectivity index (χ1) is 20.0. The topological polar surface area (TPSA) is 33.4 Å². The second-order valence-corrected chi connectivity index (χ2v) is 12.3. The molecule has 0 saturated carbocycles. The van der Waals surface area contributed by atoms with Crippen LogP contribution in [0.3, 0.4) is 0 Å². The molecule has 0 bridgehead atoms. The minimum atomic E-state index is -1.48. The molecule has 0 radical (unpaired) electrons. The molecule has 0 atom stereocenters. The Hall–Kier alpha value is -3.96. The van der Waals surface area contributed by atoms with E-state index >= 15 is 0 Å². The summed E-state index contributed by atoms with van der Waals surface area (Å²) in [5.41, 5.74) is 8.82. The molecule has 1 heterocycles. The summed E-state index contributed by atoms with van der Waals surface area (Å²) in [4.78, 5) is 0. The van der Waals surface area contributed by atoms with Gasteiger partial charge < -0.3 is 9.52 Å². The maximum absolute atomic E-state index is 13.5. The Morgan fingerprint density at radius 2 is 0.976 bits per heavy atom. The second-order valence-electron chi connectivity index (χ2n) is 10.5. The number of para-hydroxylation sites is 1. The Balaban J connectivity index is 1.53. The molecule has 1 aliphatic carbocycles. The molecule has 2 nitrogen and oxygen atoms in total. The van der Waals surface area contributed by atoms with E-state index in [0.29, 0.717) is 0 Å². The highest BCUT2D eigenvalue weighted by atomic mass is 79.9. The van der Waals surface area contributed by atoms with Crippen molar-refractivity contribution in [3.63, 3.8) is 0 Å². The third-order valence-corrected chi connectivity index (χ3v) is 9.25. The molecule has 1 N–H and O–H groups in total. The van der Waals surface area contributed by atoms with E-state index in [1.54, 1.807) is 0 Å². The molecule has 4 heteroatoms. The maximum atomic E-state index is 13.5. The van der Waals surface area contributed by atoms with Crippen LogP contribution < -0.4 is 0 Å². The van der Waals surface area contributed by atoms with Crippen LogP contribution in [0.1, 0.15) is 16.7 Å². The Morgan fingerprint density at radius 1 is 0.463 bits per heavy atom. The lowest BCUT2D eigenvalue weighted by Gasteiger charge is -2.34. The number of benzene rings is 6. The number of hydrogen-bond donors (Lipinski definition) is 1. The van der Waals surface area contributed by atoms with Crippen LogP contribution in [-0.2, 0) is 5.60 Å². The van der Waals surface area contributed by atoms with Crippen LogP contribution in [0.15, 0.2) is 141 Å². The monoisotopic (exact) mass is 656 g/mol. The summed E-state index contributed by atoms with van der Waals surface area (Å²) in [5, 5.41) is 15.6. The molecular formula is C37H22Br2O2. The third-order valence-electron chi connectivity index (χ3n) is 8.26. The predicted molar refractivity (Wildman–Crippen MR) is 174 cm³/mol. The van der Waals surface area contributed by atoms with Crippen molar-refractivity contribution in [2.45, 2.75) is 5.60 Å². The van der Waals surface area contributed by atoms with E-state index in [9.17, 15) is 5.11 Å². The number of furan rings is 1. The van der Waals surface area contributed by atoms with Gasteiger partial charge >= 0.3 is 0 Å². The average Bonchev–Trinajstić information content (AvgIpc) is 3.36. The van der Waals surface area contributed by atoms with Gasteiger partial charge in [-0.15, -0.1) is 0 Å². The minimum Gasteiger partial charge on any atom is -0.456 e. The van der Waals surface area contributed by atoms with E-state index in [2.05, 4.69) is 105 Å². The molecule has 0 fully saturated rings. The Kier molecular flexibility index (Phi) is 5.62. The summed E-state index contributed by atoms with van der Waals surface area (Å²) in [5.74, 6) is 0. The molecule has 0 amide bonds. The Morgan fingerprint density at radius 3 is 1.66 bits per heavy atom. The summed E-state index contributed by atoms with van der Waals surface area (Å²) in [7, 11) is 0. The van der Waals surface area contributed by atoms with Crippen LogP contribution >= 0.6 is 31.9 Å². The van der Waals surface area contributed by atoms with E-state index in [0.717, 1.165) is 81.0 Å². The quantitative estimate of drug-likeness (QED) is 0.201. The lowest BCUT2D eigenvalue weighted by atomic mass is 9.75. The molecule has 196 valence electrons. The van der Waals surface area contributed by atoms with Crippen LogP contribution in [0.4, 0.5) is 0 Å². The van der Waals surface area contributed by atoms with Crippen molar-refractivity contribution in [2.24, 2.45) is 0 Å². The molecule has 1 aromatic heterocycles. The predicted octanol–water partition coefficient (Wildman–Crippen LogP) is 10.7. The first kappa shape index (κ1) is 24.8. The molecule has 0 spiro atoms. The molecule has 7 aromatic rings. The van der Waals surface area contributed by atoms with Crippen molar-refractivity contribution in [2.75, 3.05) is 0 Å². The van der Waals surface area contributed by atoms with Gasteiger partial charge in [-0.2, -0.15) is 0 Å². The van der Waals surface area contributed by atoms with Crippen LogP contribution in [0.25, 0.3) is 55.3 Å². The molecule has 0 unspecified atom stereocenters. The van der Waals surface area contributed by atoms with Crippen LogP contribution in [-0.4, -0.2) is 5.11 Å². The van der Waals surface area contributed by atoms with Crippen LogP contribution in [0.2, 0.25) is 0 Å². The SMILES string of the molecule is OC1(c2ccccc2-c2cccc3oc4ccccc4c23)c2cc(Br)ccc2-c2ccccc2-c2ccc(Br)cc21. The molecule has 41 heavy (non-hydrogen) atoms. The van der Waals surface area contributed by atoms with Crippen LogP contribution in [0, 0.1) is 0 Å². The van der Waals surface area contributed by atoms with Gasteiger partial charge in [0.15, 0.2) is 0 Å². The smallest absolute Gasteiger partial charge is 0.142 e. The van der Waals surface area contributed by atoms with Gasteiger partial charge in [0, 0.05) is 36.4 Å². The van der Waals surface area contributed by atoms with Gasteiger partial charge in [-0.3, -0.25) is 0 Å². The largest absolute Gasteiger partial charge is 0.456 e. The highest BCUT2D eigenvalue weighted by Gasteiger charge is 2.42. The van der Waals surface area contributed by atoms with E-state index in [1.807, 2.05) is 54.6 Å². The lowest BCUT2D eigenvalue weighted by molar-refractivity contribution is 0.127. The van der Waals surface area contributed by atoms with Gasteiger partial charge in [-0.25, -0.2) is 0 Å². The second kappa shape index (κ2) is 9.28. The molecule has 1 aliphatic rings. The molecule has 6 aromatic carbocycles. The van der Waals surface area contributed by atoms with Crippen molar-refractivity contribution in [3.05, 3.63) is 153 Å². The number of halogens is 2. The van der Waals surface area contributed by atoms with Crippen molar-refractivity contribution >= 4 is 53.8 Å². The van der Waals surface area contributed by atoms with Gasteiger partial charge in [0.2, 0.25) is 0 Å². The third kappa shape index (κ3) is 3.64. The fourth-order valence-electron chi connectivity index (χ4n) is 6.52. The van der Waals surface area contributed by atoms with Crippen molar-refractivity contribution in [1.29, 1.82) is 0 Å². The van der Waals surface area contributed by atoms with Gasteiger partial charge in [0.05, 0.1) is 0 Å². The molecule has 8 rings (SSSR count). The van der Waals surface area contributed by atoms with E-state index < -0.39 is 5.60 Å². The molecule has 0 aliphatic heterocycles. The minimum absolute atomic E-state index is 0.810. The summed E-state index contributed by atoms with van der Waals surface area (Å²) in [6.45, 7) is 0. The standard InChI is InChI=1S/C37H22Br2O2/c38-22-16-18-27-24-8-1-2-9-25(24)28-19-17-23(39)21-33(28)37(40,32(27)20-22)31-13-5-3-10-26(31)29-12-7-15-35-36(29)30-11-4-6-14-34(30)41-35/h1-21,40H. The fraction of sp³-hybridized carbons (Fsp3) is 0.0270. The summed E-state index contributed by atoms with van der Waals surface area (Å²) >= 11 is 7.44.